The fourth-order valence-corrected chi connectivity index (χ4v) is 6.30. The fourth-order valence-electron chi connectivity index (χ4n) is 3.50. The first kappa shape index (κ1) is 19.9. The number of carbonyl (C=O) groups excluding carboxylic acids is 1. The summed E-state index contributed by atoms with van der Waals surface area (Å²) in [5.74, 6) is -0.649. The lowest BCUT2D eigenvalue weighted by Crippen LogP contribution is -2.28. The zero-order chi connectivity index (χ0) is 20.4. The van der Waals surface area contributed by atoms with Crippen LogP contribution in [-0.2, 0) is 21.3 Å². The van der Waals surface area contributed by atoms with Crippen LogP contribution in [0.1, 0.15) is 28.9 Å². The van der Waals surface area contributed by atoms with E-state index >= 15 is 0 Å². The number of para-hydroxylation sites is 2. The summed E-state index contributed by atoms with van der Waals surface area (Å²) in [6.45, 7) is 1.43. The van der Waals surface area contributed by atoms with Crippen LogP contribution in [0.3, 0.4) is 0 Å². The third-order valence-corrected chi connectivity index (χ3v) is 7.90. The number of aromatic nitrogens is 2. The Morgan fingerprint density at radius 1 is 1.17 bits per heavy atom. The Morgan fingerprint density at radius 2 is 1.93 bits per heavy atom. The van der Waals surface area contributed by atoms with E-state index in [-0.39, 0.29) is 22.1 Å². The molecule has 0 unspecified atom stereocenters. The summed E-state index contributed by atoms with van der Waals surface area (Å²) in [7, 11) is -3.67. The van der Waals surface area contributed by atoms with Gasteiger partial charge in [0.05, 0.1) is 17.6 Å². The molecule has 10 heteroatoms. The molecule has 29 heavy (non-hydrogen) atoms. The van der Waals surface area contributed by atoms with Crippen LogP contribution >= 0.6 is 11.3 Å². The van der Waals surface area contributed by atoms with Gasteiger partial charge in [0.1, 0.15) is 9.77 Å². The average Bonchev–Trinajstić information content (AvgIpc) is 3.44. The second-order valence-electron chi connectivity index (χ2n) is 6.81. The molecule has 0 amide bonds. The first-order valence-corrected chi connectivity index (χ1v) is 11.7. The Balaban J connectivity index is 1.39. The Bertz CT molecular complexity index is 1190. The number of sulfonamides is 1. The first-order valence-electron chi connectivity index (χ1n) is 9.41. The quantitative estimate of drug-likeness (QED) is 0.454. The van der Waals surface area contributed by atoms with Crippen molar-refractivity contribution in [3.8, 4) is 0 Å². The molecule has 3 heterocycles. The molecule has 3 aromatic rings. The van der Waals surface area contributed by atoms with Gasteiger partial charge in [0, 0.05) is 19.6 Å². The number of hydrogen-bond donors (Lipinski definition) is 1. The van der Waals surface area contributed by atoms with Gasteiger partial charge in [-0.1, -0.05) is 12.1 Å². The molecule has 8 nitrogen and oxygen atoms in total. The summed E-state index contributed by atoms with van der Waals surface area (Å²) in [6.07, 6.45) is 2.10. The lowest BCUT2D eigenvalue weighted by Gasteiger charge is -2.15. The maximum atomic E-state index is 12.8. The maximum absolute atomic E-state index is 12.8. The third-order valence-electron chi connectivity index (χ3n) is 4.94. The second kappa shape index (κ2) is 8.13. The van der Waals surface area contributed by atoms with Crippen molar-refractivity contribution < 1.29 is 17.9 Å². The van der Waals surface area contributed by atoms with E-state index in [1.165, 1.54) is 10.4 Å². The fraction of sp³-hybridized carbons (Fsp3) is 0.368. The van der Waals surface area contributed by atoms with Gasteiger partial charge >= 0.3 is 11.7 Å². The highest BCUT2D eigenvalue weighted by molar-refractivity contribution is 7.89. The number of ether oxygens (including phenoxy) is 1. The van der Waals surface area contributed by atoms with Crippen molar-refractivity contribution in [2.24, 2.45) is 0 Å². The summed E-state index contributed by atoms with van der Waals surface area (Å²) in [5, 5.41) is 1.59. The van der Waals surface area contributed by atoms with Crippen LogP contribution in [-0.4, -0.2) is 47.9 Å². The van der Waals surface area contributed by atoms with Gasteiger partial charge < -0.3 is 9.72 Å². The van der Waals surface area contributed by atoms with Crippen molar-refractivity contribution in [1.82, 2.24) is 13.9 Å². The number of benzene rings is 1. The third kappa shape index (κ3) is 3.87. The molecular formula is C19H21N3O5S2. The Labute approximate surface area is 171 Å². The molecule has 0 saturated carbocycles. The molecule has 1 fully saturated rings. The average molecular weight is 436 g/mol. The molecule has 0 radical (unpaired) electrons. The van der Waals surface area contributed by atoms with E-state index in [9.17, 15) is 18.0 Å². The number of fused-ring (bicyclic) bond motifs is 1. The standard InChI is InChI=1S/C19H21N3O5S2/c23-18(17-16(8-13-28-17)29(25,26)21-9-3-4-10-21)27-12-5-11-22-15-7-2-1-6-14(15)20-19(22)24/h1-2,6-8,13H,3-5,9-12H2,(H,20,24). The first-order chi connectivity index (χ1) is 14.0. The zero-order valence-corrected chi connectivity index (χ0v) is 17.3. The lowest BCUT2D eigenvalue weighted by molar-refractivity contribution is 0.0497. The van der Waals surface area contributed by atoms with E-state index < -0.39 is 16.0 Å². The maximum Gasteiger partial charge on any atom is 0.349 e. The van der Waals surface area contributed by atoms with Crippen molar-refractivity contribution in [1.29, 1.82) is 0 Å². The van der Waals surface area contributed by atoms with Crippen LogP contribution in [0.2, 0.25) is 0 Å². The normalized spacial score (nSPS) is 15.2. The number of nitrogens with one attached hydrogen (secondary N) is 1. The topological polar surface area (TPSA) is 101 Å². The Hall–Kier alpha value is -2.43. The van der Waals surface area contributed by atoms with Gasteiger partial charge in [-0.2, -0.15) is 4.31 Å². The van der Waals surface area contributed by atoms with Gasteiger partial charge in [0.2, 0.25) is 10.0 Å². The number of H-pyrrole nitrogens is 1. The lowest BCUT2D eigenvalue weighted by atomic mass is 10.3. The molecule has 1 aliphatic heterocycles. The Morgan fingerprint density at radius 3 is 2.72 bits per heavy atom. The molecule has 2 aromatic heterocycles. The molecular weight excluding hydrogens is 414 g/mol. The zero-order valence-electron chi connectivity index (χ0n) is 15.7. The molecule has 154 valence electrons. The summed E-state index contributed by atoms with van der Waals surface area (Å²) in [4.78, 5) is 27.4. The van der Waals surface area contributed by atoms with Crippen molar-refractivity contribution in [2.75, 3.05) is 19.7 Å². The number of carbonyl (C=O) groups is 1. The Kier molecular flexibility index (Phi) is 5.57. The van der Waals surface area contributed by atoms with Gasteiger partial charge in [-0.05, 0) is 42.8 Å². The molecule has 0 atom stereocenters. The van der Waals surface area contributed by atoms with E-state index in [0.29, 0.717) is 26.1 Å². The van der Waals surface area contributed by atoms with Crippen LogP contribution in [0.4, 0.5) is 0 Å². The van der Waals surface area contributed by atoms with E-state index in [0.717, 1.165) is 35.2 Å². The number of imidazole rings is 1. The van der Waals surface area contributed by atoms with E-state index in [4.69, 9.17) is 4.74 Å². The predicted octanol–water partition coefficient (Wildman–Crippen LogP) is 2.42. The molecule has 0 aliphatic carbocycles. The summed E-state index contributed by atoms with van der Waals surface area (Å²) < 4.78 is 33.8. The number of hydrogen-bond acceptors (Lipinski definition) is 6. The van der Waals surface area contributed by atoms with Crippen LogP contribution in [0.15, 0.2) is 45.4 Å². The number of thiophene rings is 1. The number of rotatable bonds is 7. The van der Waals surface area contributed by atoms with Gasteiger partial charge in [-0.25, -0.2) is 18.0 Å². The molecule has 1 saturated heterocycles. The summed E-state index contributed by atoms with van der Waals surface area (Å²) in [6, 6.07) is 8.83. The SMILES string of the molecule is O=C(OCCCn1c(=O)[nH]c2ccccc21)c1sccc1S(=O)(=O)N1CCCC1. The molecule has 1 aromatic carbocycles. The van der Waals surface area contributed by atoms with Crippen molar-refractivity contribution in [3.63, 3.8) is 0 Å². The molecule has 0 spiro atoms. The monoisotopic (exact) mass is 435 g/mol. The summed E-state index contributed by atoms with van der Waals surface area (Å²) in [5.41, 5.74) is 1.33. The van der Waals surface area contributed by atoms with Gasteiger partial charge in [-0.15, -0.1) is 11.3 Å². The minimum atomic E-state index is -3.67. The minimum absolute atomic E-state index is 0.0160. The van der Waals surface area contributed by atoms with Crippen LogP contribution in [0.5, 0.6) is 0 Å². The number of esters is 1. The molecule has 1 N–H and O–H groups in total. The summed E-state index contributed by atoms with van der Waals surface area (Å²) >= 11 is 1.06. The van der Waals surface area contributed by atoms with E-state index in [2.05, 4.69) is 4.98 Å². The molecule has 0 bridgehead atoms. The number of aromatic amines is 1. The number of nitrogens with zero attached hydrogens (tertiary/aromatic N) is 2. The van der Waals surface area contributed by atoms with Crippen LogP contribution in [0, 0.1) is 0 Å². The van der Waals surface area contributed by atoms with E-state index in [1.54, 1.807) is 9.95 Å². The van der Waals surface area contributed by atoms with Crippen molar-refractivity contribution in [3.05, 3.63) is 51.1 Å². The van der Waals surface area contributed by atoms with Gasteiger partial charge in [0.25, 0.3) is 0 Å². The van der Waals surface area contributed by atoms with Crippen molar-refractivity contribution in [2.45, 2.75) is 30.7 Å². The van der Waals surface area contributed by atoms with Crippen LogP contribution in [0.25, 0.3) is 11.0 Å². The van der Waals surface area contributed by atoms with E-state index in [1.807, 2.05) is 24.3 Å². The van der Waals surface area contributed by atoms with Crippen molar-refractivity contribution >= 4 is 38.4 Å². The highest BCUT2D eigenvalue weighted by atomic mass is 32.2. The largest absolute Gasteiger partial charge is 0.461 e. The van der Waals surface area contributed by atoms with Crippen LogP contribution < -0.4 is 5.69 Å². The smallest absolute Gasteiger partial charge is 0.349 e. The second-order valence-corrected chi connectivity index (χ2v) is 9.64. The minimum Gasteiger partial charge on any atom is -0.461 e. The van der Waals surface area contributed by atoms with Gasteiger partial charge in [-0.3, -0.25) is 4.57 Å². The highest BCUT2D eigenvalue weighted by Crippen LogP contribution is 2.28. The number of aryl methyl sites for hydroxylation is 1. The predicted molar refractivity (Wildman–Crippen MR) is 110 cm³/mol. The highest BCUT2D eigenvalue weighted by Gasteiger charge is 2.32. The molecule has 4 rings (SSSR count). The molecule has 1 aliphatic rings. The van der Waals surface area contributed by atoms with Gasteiger partial charge in [0.15, 0.2) is 0 Å².